The van der Waals surface area contributed by atoms with Crippen LogP contribution in [0.1, 0.15) is 27.8 Å². The highest BCUT2D eigenvalue weighted by Gasteiger charge is 2.09. The van der Waals surface area contributed by atoms with E-state index in [4.69, 9.17) is 9.84 Å². The lowest BCUT2D eigenvalue weighted by atomic mass is 10.2. The lowest BCUT2D eigenvalue weighted by Gasteiger charge is -2.06. The van der Waals surface area contributed by atoms with E-state index in [1.165, 1.54) is 18.2 Å². The van der Waals surface area contributed by atoms with Crippen LogP contribution in [0.15, 0.2) is 42.5 Å². The van der Waals surface area contributed by atoms with Gasteiger partial charge < -0.3 is 15.2 Å². The number of carbonyl (C=O) groups excluding carboxylic acids is 1. The Morgan fingerprint density at radius 2 is 1.90 bits per heavy atom. The zero-order valence-electron chi connectivity index (χ0n) is 11.4. The smallest absolute Gasteiger partial charge is 0.354 e. The molecule has 0 spiro atoms. The summed E-state index contributed by atoms with van der Waals surface area (Å²) in [6.45, 7) is 2.43. The number of hydrogen-bond donors (Lipinski definition) is 2. The van der Waals surface area contributed by atoms with Crippen molar-refractivity contribution in [3.05, 3.63) is 53.7 Å². The monoisotopic (exact) mass is 286 g/mol. The molecule has 0 saturated carbocycles. The SMILES string of the molecule is CCOc1ccc(C(=O)Nc2cccc(C(=O)O)n2)cc1. The third-order valence-electron chi connectivity index (χ3n) is 2.64. The molecule has 6 heteroatoms. The molecule has 108 valence electrons. The van der Waals surface area contributed by atoms with Crippen LogP contribution < -0.4 is 10.1 Å². The van der Waals surface area contributed by atoms with E-state index in [2.05, 4.69) is 10.3 Å². The quantitative estimate of drug-likeness (QED) is 0.881. The van der Waals surface area contributed by atoms with Crippen molar-refractivity contribution in [2.75, 3.05) is 11.9 Å². The molecule has 1 aromatic heterocycles. The third kappa shape index (κ3) is 3.79. The summed E-state index contributed by atoms with van der Waals surface area (Å²) in [6.07, 6.45) is 0. The Labute approximate surface area is 121 Å². The number of carboxylic acid groups (broad SMARTS) is 1. The zero-order chi connectivity index (χ0) is 15.2. The molecule has 0 aliphatic heterocycles. The van der Waals surface area contributed by atoms with Crippen molar-refractivity contribution in [3.8, 4) is 5.75 Å². The fourth-order valence-electron chi connectivity index (χ4n) is 1.68. The van der Waals surface area contributed by atoms with Crippen molar-refractivity contribution in [1.29, 1.82) is 0 Å². The lowest BCUT2D eigenvalue weighted by Crippen LogP contribution is -2.14. The molecule has 0 bridgehead atoms. The Morgan fingerprint density at radius 3 is 2.52 bits per heavy atom. The molecule has 1 aromatic carbocycles. The average Bonchev–Trinajstić information content (AvgIpc) is 2.48. The molecule has 1 heterocycles. The molecule has 21 heavy (non-hydrogen) atoms. The molecule has 0 atom stereocenters. The van der Waals surface area contributed by atoms with Gasteiger partial charge >= 0.3 is 5.97 Å². The van der Waals surface area contributed by atoms with Crippen molar-refractivity contribution in [2.45, 2.75) is 6.92 Å². The number of pyridine rings is 1. The van der Waals surface area contributed by atoms with Crippen molar-refractivity contribution in [1.82, 2.24) is 4.98 Å². The van der Waals surface area contributed by atoms with Crippen molar-refractivity contribution in [2.24, 2.45) is 0 Å². The molecule has 0 radical (unpaired) electrons. The number of aromatic nitrogens is 1. The highest BCUT2D eigenvalue weighted by atomic mass is 16.5. The van der Waals surface area contributed by atoms with Crippen molar-refractivity contribution < 1.29 is 19.4 Å². The van der Waals surface area contributed by atoms with Crippen LogP contribution in [0, 0.1) is 0 Å². The van der Waals surface area contributed by atoms with Gasteiger partial charge in [0.15, 0.2) is 5.69 Å². The first-order valence-electron chi connectivity index (χ1n) is 6.34. The van der Waals surface area contributed by atoms with Crippen LogP contribution in [0.25, 0.3) is 0 Å². The van der Waals surface area contributed by atoms with Crippen LogP contribution in [-0.4, -0.2) is 28.6 Å². The van der Waals surface area contributed by atoms with Gasteiger partial charge in [-0.05, 0) is 43.3 Å². The van der Waals surface area contributed by atoms with Crippen LogP contribution in [0.5, 0.6) is 5.75 Å². The van der Waals surface area contributed by atoms with Crippen LogP contribution in [0.3, 0.4) is 0 Å². The Kier molecular flexibility index (Phi) is 4.50. The van der Waals surface area contributed by atoms with E-state index >= 15 is 0 Å². The zero-order valence-corrected chi connectivity index (χ0v) is 11.4. The van der Waals surface area contributed by atoms with Gasteiger partial charge in [0.2, 0.25) is 0 Å². The van der Waals surface area contributed by atoms with Crippen molar-refractivity contribution in [3.63, 3.8) is 0 Å². The summed E-state index contributed by atoms with van der Waals surface area (Å²) in [4.78, 5) is 26.7. The fourth-order valence-corrected chi connectivity index (χ4v) is 1.68. The number of benzene rings is 1. The van der Waals surface area contributed by atoms with E-state index in [0.29, 0.717) is 17.9 Å². The number of carbonyl (C=O) groups is 2. The van der Waals surface area contributed by atoms with Crippen LogP contribution >= 0.6 is 0 Å². The Bertz CT molecular complexity index is 653. The van der Waals surface area contributed by atoms with E-state index in [0.717, 1.165) is 0 Å². The summed E-state index contributed by atoms with van der Waals surface area (Å²) in [5.74, 6) is -0.644. The van der Waals surface area contributed by atoms with E-state index in [1.807, 2.05) is 6.92 Å². The van der Waals surface area contributed by atoms with E-state index in [9.17, 15) is 9.59 Å². The molecule has 1 amide bonds. The van der Waals surface area contributed by atoms with Gasteiger partial charge in [0.05, 0.1) is 6.61 Å². The summed E-state index contributed by atoms with van der Waals surface area (Å²) >= 11 is 0. The molecule has 0 fully saturated rings. The number of nitrogens with zero attached hydrogens (tertiary/aromatic N) is 1. The molecular weight excluding hydrogens is 272 g/mol. The number of aromatic carboxylic acids is 1. The summed E-state index contributed by atoms with van der Waals surface area (Å²) in [6, 6.07) is 11.0. The van der Waals surface area contributed by atoms with Gasteiger partial charge in [-0.15, -0.1) is 0 Å². The maximum Gasteiger partial charge on any atom is 0.354 e. The number of carboxylic acids is 1. The Hall–Kier alpha value is -2.89. The number of rotatable bonds is 5. The molecule has 0 aliphatic rings. The second-order valence-corrected chi connectivity index (χ2v) is 4.12. The molecule has 6 nitrogen and oxygen atoms in total. The first-order chi connectivity index (χ1) is 10.1. The molecule has 2 rings (SSSR count). The summed E-state index contributed by atoms with van der Waals surface area (Å²) in [7, 11) is 0. The number of ether oxygens (including phenoxy) is 1. The largest absolute Gasteiger partial charge is 0.494 e. The predicted octanol–water partition coefficient (Wildman–Crippen LogP) is 2.43. The third-order valence-corrected chi connectivity index (χ3v) is 2.64. The number of anilines is 1. The standard InChI is InChI=1S/C15H14N2O4/c1-2-21-11-8-6-10(7-9-11)14(18)17-13-5-3-4-12(16-13)15(19)20/h3-9H,2H2,1H3,(H,19,20)(H,16,17,18). The van der Waals surface area contributed by atoms with Crippen LogP contribution in [-0.2, 0) is 0 Å². The van der Waals surface area contributed by atoms with Crippen molar-refractivity contribution >= 4 is 17.7 Å². The van der Waals surface area contributed by atoms with Gasteiger partial charge in [-0.2, -0.15) is 0 Å². The number of amides is 1. The van der Waals surface area contributed by atoms with Crippen LogP contribution in [0.2, 0.25) is 0 Å². The topological polar surface area (TPSA) is 88.5 Å². The highest BCUT2D eigenvalue weighted by Crippen LogP contribution is 2.13. The summed E-state index contributed by atoms with van der Waals surface area (Å²) in [5.41, 5.74) is 0.306. The molecule has 0 aliphatic carbocycles. The molecule has 2 N–H and O–H groups in total. The van der Waals surface area contributed by atoms with Gasteiger partial charge in [0.25, 0.3) is 5.91 Å². The van der Waals surface area contributed by atoms with E-state index in [-0.39, 0.29) is 17.4 Å². The summed E-state index contributed by atoms with van der Waals surface area (Å²) < 4.78 is 5.29. The van der Waals surface area contributed by atoms with E-state index in [1.54, 1.807) is 24.3 Å². The second-order valence-electron chi connectivity index (χ2n) is 4.12. The van der Waals surface area contributed by atoms with Crippen LogP contribution in [0.4, 0.5) is 5.82 Å². The van der Waals surface area contributed by atoms with Gasteiger partial charge in [-0.25, -0.2) is 9.78 Å². The molecular formula is C15H14N2O4. The maximum atomic E-state index is 12.0. The maximum absolute atomic E-state index is 12.0. The van der Waals surface area contributed by atoms with Gasteiger partial charge in [0.1, 0.15) is 11.6 Å². The second kappa shape index (κ2) is 6.51. The predicted molar refractivity (Wildman–Crippen MR) is 76.8 cm³/mol. The number of nitrogens with one attached hydrogen (secondary N) is 1. The lowest BCUT2D eigenvalue weighted by molar-refractivity contribution is 0.0690. The molecule has 0 saturated heterocycles. The highest BCUT2D eigenvalue weighted by molar-refractivity contribution is 6.04. The fraction of sp³-hybridized carbons (Fsp3) is 0.133. The average molecular weight is 286 g/mol. The number of hydrogen-bond acceptors (Lipinski definition) is 4. The Morgan fingerprint density at radius 1 is 1.19 bits per heavy atom. The summed E-state index contributed by atoms with van der Waals surface area (Å²) in [5, 5.41) is 11.4. The minimum absolute atomic E-state index is 0.125. The first-order valence-corrected chi connectivity index (χ1v) is 6.34. The molecule has 0 unspecified atom stereocenters. The minimum Gasteiger partial charge on any atom is -0.494 e. The van der Waals surface area contributed by atoms with Gasteiger partial charge in [-0.1, -0.05) is 6.07 Å². The van der Waals surface area contributed by atoms with Gasteiger partial charge in [-0.3, -0.25) is 4.79 Å². The van der Waals surface area contributed by atoms with Gasteiger partial charge in [0, 0.05) is 5.56 Å². The molecule has 2 aromatic rings. The first kappa shape index (κ1) is 14.5. The Balaban J connectivity index is 2.10. The minimum atomic E-state index is -1.15. The van der Waals surface area contributed by atoms with E-state index < -0.39 is 5.97 Å². The normalized spacial score (nSPS) is 9.95.